The van der Waals surface area contributed by atoms with Crippen molar-refractivity contribution in [1.29, 1.82) is 0 Å². The number of hydrogen-bond donors (Lipinski definition) is 1. The zero-order valence-corrected chi connectivity index (χ0v) is 10.1. The number of aromatic nitrogens is 3. The second kappa shape index (κ2) is 3.92. The number of aromatic amines is 1. The summed E-state index contributed by atoms with van der Waals surface area (Å²) in [6.45, 7) is 0. The lowest BCUT2D eigenvalue weighted by atomic mass is 10.1. The molecule has 0 aliphatic rings. The number of nitrogens with one attached hydrogen (secondary N) is 1. The summed E-state index contributed by atoms with van der Waals surface area (Å²) in [5.74, 6) is 0. The van der Waals surface area contributed by atoms with Crippen molar-refractivity contribution in [2.45, 2.75) is 0 Å². The molecule has 0 saturated carbocycles. The van der Waals surface area contributed by atoms with E-state index < -0.39 is 0 Å². The first-order valence-corrected chi connectivity index (χ1v) is 6.12. The minimum Gasteiger partial charge on any atom is -0.345 e. The monoisotopic (exact) mass is 244 g/mol. The summed E-state index contributed by atoms with van der Waals surface area (Å²) in [7, 11) is 0. The highest BCUT2D eigenvalue weighted by atomic mass is 14.8. The fourth-order valence-electron chi connectivity index (χ4n) is 2.30. The van der Waals surface area contributed by atoms with Crippen molar-refractivity contribution >= 4 is 21.9 Å². The van der Waals surface area contributed by atoms with Crippen molar-refractivity contribution in [2.75, 3.05) is 0 Å². The Morgan fingerprint density at radius 3 is 3.00 bits per heavy atom. The molecule has 0 atom stereocenters. The largest absolute Gasteiger partial charge is 0.345 e. The van der Waals surface area contributed by atoms with Crippen molar-refractivity contribution in [2.24, 2.45) is 0 Å². The molecule has 0 amide bonds. The van der Waals surface area contributed by atoms with Crippen LogP contribution >= 0.6 is 0 Å². The molecule has 0 bridgehead atoms. The standard InChI is InChI=1S/C16H10N3/c1-2-6-14-11(4-1)7-8-15(19-14)13-10-18-16-12(13)5-3-9-17-16/h1-7,9-10H,(H,17,18). The number of rotatable bonds is 1. The number of pyridine rings is 2. The smallest absolute Gasteiger partial charge is 0.137 e. The molecule has 4 aromatic rings. The lowest BCUT2D eigenvalue weighted by molar-refractivity contribution is 1.32. The molecule has 0 aliphatic heterocycles. The van der Waals surface area contributed by atoms with Crippen LogP contribution in [0.5, 0.6) is 0 Å². The molecule has 1 radical (unpaired) electrons. The summed E-state index contributed by atoms with van der Waals surface area (Å²) in [4.78, 5) is 12.1. The Hall–Kier alpha value is -2.68. The van der Waals surface area contributed by atoms with Gasteiger partial charge in [0, 0.05) is 34.8 Å². The molecule has 0 unspecified atom stereocenters. The van der Waals surface area contributed by atoms with Crippen LogP contribution in [0.3, 0.4) is 0 Å². The fourth-order valence-corrected chi connectivity index (χ4v) is 2.30. The predicted octanol–water partition coefficient (Wildman–Crippen LogP) is 3.58. The number of H-pyrrole nitrogens is 1. The molecular weight excluding hydrogens is 234 g/mol. The van der Waals surface area contributed by atoms with Gasteiger partial charge in [0.2, 0.25) is 0 Å². The van der Waals surface area contributed by atoms with Gasteiger partial charge >= 0.3 is 0 Å². The average Bonchev–Trinajstić information content (AvgIpc) is 2.91. The Balaban J connectivity index is 1.99. The molecule has 19 heavy (non-hydrogen) atoms. The highest BCUT2D eigenvalue weighted by molar-refractivity contribution is 5.93. The van der Waals surface area contributed by atoms with Crippen LogP contribution in [0.15, 0.2) is 54.9 Å². The van der Waals surface area contributed by atoms with Crippen molar-refractivity contribution < 1.29 is 0 Å². The maximum absolute atomic E-state index is 4.66. The van der Waals surface area contributed by atoms with E-state index in [0.717, 1.165) is 33.2 Å². The molecule has 0 aliphatic carbocycles. The quantitative estimate of drug-likeness (QED) is 0.556. The van der Waals surface area contributed by atoms with E-state index in [4.69, 9.17) is 0 Å². The van der Waals surface area contributed by atoms with Gasteiger partial charge in [0.15, 0.2) is 0 Å². The molecule has 3 heteroatoms. The molecule has 3 heterocycles. The molecule has 0 saturated heterocycles. The van der Waals surface area contributed by atoms with Gasteiger partial charge in [0.25, 0.3) is 0 Å². The lowest BCUT2D eigenvalue weighted by Crippen LogP contribution is -1.84. The van der Waals surface area contributed by atoms with Crippen molar-refractivity contribution in [3.05, 3.63) is 60.9 Å². The average molecular weight is 244 g/mol. The van der Waals surface area contributed by atoms with Crippen LogP contribution in [0.2, 0.25) is 0 Å². The zero-order valence-electron chi connectivity index (χ0n) is 10.1. The van der Waals surface area contributed by atoms with Gasteiger partial charge < -0.3 is 4.98 Å². The maximum atomic E-state index is 4.66. The van der Waals surface area contributed by atoms with Gasteiger partial charge in [-0.25, -0.2) is 9.97 Å². The first-order valence-electron chi connectivity index (χ1n) is 6.12. The summed E-state index contributed by atoms with van der Waals surface area (Å²) in [5, 5.41) is 2.17. The predicted molar refractivity (Wildman–Crippen MR) is 75.7 cm³/mol. The molecule has 4 rings (SSSR count). The molecule has 89 valence electrons. The molecule has 3 nitrogen and oxygen atoms in total. The molecule has 0 fully saturated rings. The SMILES string of the molecule is [c]1cc2ccccc2nc1-c1c[nH]c2ncccc12. The van der Waals surface area contributed by atoms with E-state index in [2.05, 4.69) is 21.0 Å². The van der Waals surface area contributed by atoms with Gasteiger partial charge in [-0.1, -0.05) is 18.2 Å². The molecule has 1 aromatic carbocycles. The van der Waals surface area contributed by atoms with Gasteiger partial charge in [-0.2, -0.15) is 0 Å². The van der Waals surface area contributed by atoms with E-state index in [0.29, 0.717) is 0 Å². The summed E-state index contributed by atoms with van der Waals surface area (Å²) < 4.78 is 0. The normalized spacial score (nSPS) is 11.2. The number of para-hydroxylation sites is 1. The van der Waals surface area contributed by atoms with Crippen LogP contribution in [0, 0.1) is 6.07 Å². The van der Waals surface area contributed by atoms with E-state index in [9.17, 15) is 0 Å². The van der Waals surface area contributed by atoms with E-state index in [1.54, 1.807) is 6.20 Å². The molecular formula is C16H10N3. The maximum Gasteiger partial charge on any atom is 0.137 e. The molecule has 3 aromatic heterocycles. The van der Waals surface area contributed by atoms with Crippen molar-refractivity contribution in [3.63, 3.8) is 0 Å². The Morgan fingerprint density at radius 1 is 1.05 bits per heavy atom. The van der Waals surface area contributed by atoms with Gasteiger partial charge in [-0.15, -0.1) is 0 Å². The van der Waals surface area contributed by atoms with Crippen LogP contribution in [-0.4, -0.2) is 15.0 Å². The van der Waals surface area contributed by atoms with Gasteiger partial charge in [-0.05, 0) is 24.3 Å². The lowest BCUT2D eigenvalue weighted by Gasteiger charge is -2.01. The second-order valence-corrected chi connectivity index (χ2v) is 4.41. The number of fused-ring (bicyclic) bond motifs is 2. The number of hydrogen-bond acceptors (Lipinski definition) is 2. The first-order chi connectivity index (χ1) is 9.42. The van der Waals surface area contributed by atoms with E-state index in [-0.39, 0.29) is 0 Å². The third-order valence-corrected chi connectivity index (χ3v) is 3.24. The van der Waals surface area contributed by atoms with E-state index in [1.165, 1.54) is 0 Å². The van der Waals surface area contributed by atoms with E-state index >= 15 is 0 Å². The van der Waals surface area contributed by atoms with Crippen LogP contribution in [0.4, 0.5) is 0 Å². The highest BCUT2D eigenvalue weighted by Crippen LogP contribution is 2.26. The topological polar surface area (TPSA) is 41.6 Å². The molecule has 1 N–H and O–H groups in total. The van der Waals surface area contributed by atoms with Gasteiger partial charge in [-0.3, -0.25) is 0 Å². The summed E-state index contributed by atoms with van der Waals surface area (Å²) in [6, 6.07) is 17.3. The summed E-state index contributed by atoms with van der Waals surface area (Å²) >= 11 is 0. The van der Waals surface area contributed by atoms with E-state index in [1.807, 2.05) is 48.7 Å². The zero-order chi connectivity index (χ0) is 12.7. The van der Waals surface area contributed by atoms with Crippen molar-refractivity contribution in [3.8, 4) is 11.3 Å². The van der Waals surface area contributed by atoms with Gasteiger partial charge in [0.05, 0.1) is 11.2 Å². The van der Waals surface area contributed by atoms with Crippen LogP contribution in [-0.2, 0) is 0 Å². The third-order valence-electron chi connectivity index (χ3n) is 3.24. The fraction of sp³-hybridized carbons (Fsp3) is 0. The third kappa shape index (κ3) is 1.59. The van der Waals surface area contributed by atoms with Crippen LogP contribution < -0.4 is 0 Å². The van der Waals surface area contributed by atoms with Crippen LogP contribution in [0.25, 0.3) is 33.2 Å². The summed E-state index contributed by atoms with van der Waals surface area (Å²) in [6.07, 6.45) is 3.71. The number of nitrogens with zero attached hydrogens (tertiary/aromatic N) is 2. The minimum absolute atomic E-state index is 0.845. The van der Waals surface area contributed by atoms with Crippen LogP contribution in [0.1, 0.15) is 0 Å². The minimum atomic E-state index is 0.845. The first kappa shape index (κ1) is 10.3. The highest BCUT2D eigenvalue weighted by Gasteiger charge is 2.08. The number of benzene rings is 1. The Labute approximate surface area is 110 Å². The second-order valence-electron chi connectivity index (χ2n) is 4.41. The van der Waals surface area contributed by atoms with Crippen molar-refractivity contribution in [1.82, 2.24) is 15.0 Å². The summed E-state index contributed by atoms with van der Waals surface area (Å²) in [5.41, 5.74) is 3.74. The Bertz CT molecular complexity index is 877. The Kier molecular flexibility index (Phi) is 2.12. The van der Waals surface area contributed by atoms with Gasteiger partial charge in [0.1, 0.15) is 5.65 Å². The Morgan fingerprint density at radius 2 is 2.00 bits per heavy atom. The molecule has 0 spiro atoms.